The molecule has 0 bridgehead atoms. The normalized spacial score (nSPS) is 15.6. The molecule has 1 saturated heterocycles. The molecule has 11 heteroatoms. The molecular weight excluding hydrogens is 508 g/mol. The van der Waals surface area contributed by atoms with Crippen LogP contribution in [0.15, 0.2) is 73.2 Å². The number of morpholine rings is 1. The van der Waals surface area contributed by atoms with E-state index >= 15 is 0 Å². The first kappa shape index (κ1) is 27.1. The number of ether oxygens (including phenoxy) is 1. The van der Waals surface area contributed by atoms with Crippen molar-refractivity contribution < 1.29 is 14.6 Å². The average Bonchev–Trinajstić information content (AvgIpc) is 2.97. The molecule has 5 rings (SSSR count). The van der Waals surface area contributed by atoms with Crippen LogP contribution in [0.25, 0.3) is 22.3 Å². The van der Waals surface area contributed by atoms with Gasteiger partial charge < -0.3 is 30.3 Å². The quantitative estimate of drug-likeness (QED) is 0.273. The number of aliphatic hydroxyl groups excluding tert-OH is 1. The van der Waals surface area contributed by atoms with Gasteiger partial charge in [-0.25, -0.2) is 9.97 Å². The van der Waals surface area contributed by atoms with E-state index in [0.29, 0.717) is 48.2 Å². The number of aromatic nitrogens is 4. The zero-order valence-corrected chi connectivity index (χ0v) is 22.5. The highest BCUT2D eigenvalue weighted by atomic mass is 16.5. The minimum absolute atomic E-state index is 0.00906. The maximum absolute atomic E-state index is 12.3. The summed E-state index contributed by atoms with van der Waals surface area (Å²) in [6, 6.07) is 13.3. The van der Waals surface area contributed by atoms with E-state index in [-0.39, 0.29) is 18.6 Å². The van der Waals surface area contributed by atoms with Crippen molar-refractivity contribution in [1.29, 1.82) is 0 Å². The van der Waals surface area contributed by atoms with E-state index in [9.17, 15) is 9.90 Å². The van der Waals surface area contributed by atoms with Crippen LogP contribution in [0, 0.1) is 0 Å². The summed E-state index contributed by atoms with van der Waals surface area (Å²) in [6.45, 7) is 2.70. The number of anilines is 4. The SMILES string of the molecule is CN(C)C/C=C/C(=O)Nc1ccnc(-c2nccc3cnc(Nc4ccc(N5CCOC(CO)C5)cc4)nc23)c1. The molecule has 40 heavy (non-hydrogen) atoms. The highest BCUT2D eigenvalue weighted by Crippen LogP contribution is 2.27. The first-order valence-electron chi connectivity index (χ1n) is 13.0. The summed E-state index contributed by atoms with van der Waals surface area (Å²) < 4.78 is 5.55. The molecule has 11 nitrogen and oxygen atoms in total. The van der Waals surface area contributed by atoms with Crippen molar-refractivity contribution in [3.63, 3.8) is 0 Å². The lowest BCUT2D eigenvalue weighted by atomic mass is 10.1. The minimum Gasteiger partial charge on any atom is -0.394 e. The molecule has 3 aromatic heterocycles. The lowest BCUT2D eigenvalue weighted by molar-refractivity contribution is -0.111. The van der Waals surface area contributed by atoms with Gasteiger partial charge in [-0.1, -0.05) is 6.08 Å². The fourth-order valence-electron chi connectivity index (χ4n) is 4.34. The van der Waals surface area contributed by atoms with Crippen molar-refractivity contribution in [3.05, 3.63) is 73.2 Å². The molecule has 4 aromatic rings. The van der Waals surface area contributed by atoms with Crippen molar-refractivity contribution in [2.45, 2.75) is 6.10 Å². The monoisotopic (exact) mass is 540 g/mol. The molecule has 0 aliphatic carbocycles. The van der Waals surface area contributed by atoms with E-state index in [1.165, 1.54) is 6.08 Å². The lowest BCUT2D eigenvalue weighted by Gasteiger charge is -2.33. The number of aliphatic hydroxyl groups is 1. The molecule has 1 aliphatic rings. The van der Waals surface area contributed by atoms with Gasteiger partial charge in [-0.3, -0.25) is 14.8 Å². The van der Waals surface area contributed by atoms with Crippen molar-refractivity contribution in [3.8, 4) is 11.4 Å². The van der Waals surface area contributed by atoms with Gasteiger partial charge in [-0.15, -0.1) is 0 Å². The topological polar surface area (TPSA) is 129 Å². The van der Waals surface area contributed by atoms with Crippen molar-refractivity contribution in [2.24, 2.45) is 0 Å². The fourth-order valence-corrected chi connectivity index (χ4v) is 4.34. The molecule has 0 spiro atoms. The number of rotatable bonds is 9. The van der Waals surface area contributed by atoms with Crippen LogP contribution < -0.4 is 15.5 Å². The predicted octanol–water partition coefficient (Wildman–Crippen LogP) is 3.08. The smallest absolute Gasteiger partial charge is 0.248 e. The second-order valence-corrected chi connectivity index (χ2v) is 9.67. The van der Waals surface area contributed by atoms with Crippen LogP contribution in [0.4, 0.5) is 23.0 Å². The predicted molar refractivity (Wildman–Crippen MR) is 156 cm³/mol. The molecule has 3 N–H and O–H groups in total. The molecule has 0 saturated carbocycles. The zero-order chi connectivity index (χ0) is 27.9. The molecule has 206 valence electrons. The Morgan fingerprint density at radius 2 is 1.95 bits per heavy atom. The third kappa shape index (κ3) is 6.75. The number of carbonyl (C=O) groups is 1. The Hall–Kier alpha value is -4.45. The zero-order valence-electron chi connectivity index (χ0n) is 22.5. The molecule has 1 unspecified atom stereocenters. The standard InChI is InChI=1S/C29H32N8O3/c1-36(2)13-3-4-26(39)33-22-10-12-30-25(16-22)28-27-20(9-11-31-28)17-32-29(35-27)34-21-5-7-23(8-6-21)37-14-15-40-24(18-37)19-38/h3-12,16-17,24,38H,13-15,18-19H2,1-2H3,(H,30,33,39)(H,32,34,35)/b4-3+. The van der Waals surface area contributed by atoms with E-state index in [1.807, 2.05) is 49.3 Å². The maximum Gasteiger partial charge on any atom is 0.248 e. The number of carbonyl (C=O) groups excluding carboxylic acids is 1. The maximum atomic E-state index is 12.3. The minimum atomic E-state index is -0.216. The number of fused-ring (bicyclic) bond motifs is 1. The van der Waals surface area contributed by atoms with Gasteiger partial charge in [0, 0.05) is 66.7 Å². The number of nitrogens with zero attached hydrogens (tertiary/aromatic N) is 6. The van der Waals surface area contributed by atoms with E-state index < -0.39 is 0 Å². The lowest BCUT2D eigenvalue weighted by Crippen LogP contribution is -2.44. The summed E-state index contributed by atoms with van der Waals surface area (Å²) in [5.74, 6) is 0.211. The number of amides is 1. The summed E-state index contributed by atoms with van der Waals surface area (Å²) in [4.78, 5) is 34.7. The molecule has 0 radical (unpaired) electrons. The molecule has 1 atom stereocenters. The Labute approximate surface area is 232 Å². The molecule has 1 amide bonds. The Morgan fingerprint density at radius 3 is 2.75 bits per heavy atom. The summed E-state index contributed by atoms with van der Waals surface area (Å²) >= 11 is 0. The molecular formula is C29H32N8O3. The highest BCUT2D eigenvalue weighted by molar-refractivity contribution is 6.00. The van der Waals surface area contributed by atoms with Crippen LogP contribution in [0.5, 0.6) is 0 Å². The summed E-state index contributed by atoms with van der Waals surface area (Å²) in [6.07, 6.45) is 8.22. The Morgan fingerprint density at radius 1 is 1.12 bits per heavy atom. The van der Waals surface area contributed by atoms with Gasteiger partial charge in [-0.05, 0) is 56.6 Å². The second-order valence-electron chi connectivity index (χ2n) is 9.67. The van der Waals surface area contributed by atoms with Crippen molar-refractivity contribution in [2.75, 3.05) is 62.5 Å². The number of benzene rings is 1. The van der Waals surface area contributed by atoms with Crippen LogP contribution in [-0.4, -0.2) is 88.9 Å². The van der Waals surface area contributed by atoms with E-state index in [1.54, 1.807) is 36.8 Å². The number of hydrogen-bond acceptors (Lipinski definition) is 10. The van der Waals surface area contributed by atoms with Crippen LogP contribution in [0.1, 0.15) is 0 Å². The van der Waals surface area contributed by atoms with Gasteiger partial charge in [0.1, 0.15) is 11.2 Å². The first-order valence-corrected chi connectivity index (χ1v) is 13.0. The van der Waals surface area contributed by atoms with Crippen molar-refractivity contribution >= 4 is 39.8 Å². The van der Waals surface area contributed by atoms with Crippen molar-refractivity contribution in [1.82, 2.24) is 24.8 Å². The average molecular weight is 541 g/mol. The number of pyridine rings is 2. The summed E-state index contributed by atoms with van der Waals surface area (Å²) in [7, 11) is 3.88. The van der Waals surface area contributed by atoms with Crippen LogP contribution in [0.2, 0.25) is 0 Å². The Bertz CT molecular complexity index is 1490. The third-order valence-electron chi connectivity index (χ3n) is 6.34. The van der Waals surface area contributed by atoms with Gasteiger partial charge >= 0.3 is 0 Å². The summed E-state index contributed by atoms with van der Waals surface area (Å²) in [5.41, 5.74) is 4.32. The molecule has 4 heterocycles. The Kier molecular flexibility index (Phi) is 8.55. The Balaban J connectivity index is 1.33. The van der Waals surface area contributed by atoms with E-state index in [0.717, 1.165) is 23.3 Å². The molecule has 1 aromatic carbocycles. The number of likely N-dealkylation sites (N-methyl/N-ethyl adjacent to an activating group) is 1. The largest absolute Gasteiger partial charge is 0.394 e. The first-order chi connectivity index (χ1) is 19.5. The van der Waals surface area contributed by atoms with Gasteiger partial charge in [0.25, 0.3) is 0 Å². The molecule has 1 aliphatic heterocycles. The van der Waals surface area contributed by atoms with E-state index in [2.05, 4.69) is 30.5 Å². The number of hydrogen-bond donors (Lipinski definition) is 3. The van der Waals surface area contributed by atoms with Crippen LogP contribution in [-0.2, 0) is 9.53 Å². The van der Waals surface area contributed by atoms with Gasteiger partial charge in [0.2, 0.25) is 11.9 Å². The van der Waals surface area contributed by atoms with Gasteiger partial charge in [0.15, 0.2) is 0 Å². The molecule has 1 fully saturated rings. The van der Waals surface area contributed by atoms with Gasteiger partial charge in [-0.2, -0.15) is 0 Å². The summed E-state index contributed by atoms with van der Waals surface area (Å²) in [5, 5.41) is 16.4. The van der Waals surface area contributed by atoms with Crippen LogP contribution in [0.3, 0.4) is 0 Å². The highest BCUT2D eigenvalue weighted by Gasteiger charge is 2.20. The van der Waals surface area contributed by atoms with Gasteiger partial charge in [0.05, 0.1) is 25.0 Å². The fraction of sp³-hybridized carbons (Fsp3) is 0.276. The third-order valence-corrected chi connectivity index (χ3v) is 6.34. The second kappa shape index (κ2) is 12.6. The van der Waals surface area contributed by atoms with E-state index in [4.69, 9.17) is 9.72 Å². The number of nitrogens with one attached hydrogen (secondary N) is 2. The van der Waals surface area contributed by atoms with Crippen LogP contribution >= 0.6 is 0 Å².